The zero-order valence-corrected chi connectivity index (χ0v) is 39.8. The first-order chi connectivity index (χ1) is 36.9. The second-order valence-corrected chi connectivity index (χ2v) is 17.7. The lowest BCUT2D eigenvalue weighted by molar-refractivity contribution is 1.06. The summed E-state index contributed by atoms with van der Waals surface area (Å²) in [6.07, 6.45) is 0. The van der Waals surface area contributed by atoms with Crippen molar-refractivity contribution in [2.75, 3.05) is 0 Å². The Balaban J connectivity index is 1.16. The first-order valence-electron chi connectivity index (χ1n) is 23.9. The first-order valence-corrected chi connectivity index (χ1v) is 23.9. The molecule has 10 heteroatoms. The van der Waals surface area contributed by atoms with Crippen LogP contribution in [0.2, 0.25) is 0 Å². The molecule has 0 amide bonds. The van der Waals surface area contributed by atoms with Crippen molar-refractivity contribution in [3.05, 3.63) is 252 Å². The van der Waals surface area contributed by atoms with Crippen LogP contribution in [-0.4, -0.2) is 29.5 Å². The Hall–Kier alpha value is -11.2. The normalized spacial score (nSPS) is 10.9. The topological polar surface area (TPSA) is 126 Å². The van der Waals surface area contributed by atoms with Crippen molar-refractivity contribution in [2.45, 2.75) is 0 Å². The molecule has 10 nitrogen and oxygen atoms in total. The second-order valence-electron chi connectivity index (χ2n) is 17.7. The van der Waals surface area contributed by atoms with E-state index in [1.165, 1.54) is 0 Å². The van der Waals surface area contributed by atoms with Gasteiger partial charge in [0.15, 0.2) is 34.7 Å². The number of aromatic nitrogens is 6. The van der Waals surface area contributed by atoms with Crippen LogP contribution in [0.4, 0.5) is 11.4 Å². The molecule has 0 unspecified atom stereocenters. The number of benzene rings is 9. The monoisotopic (exact) mass is 956 g/mol. The molecule has 9 aromatic carbocycles. The molecule has 0 spiro atoms. The summed E-state index contributed by atoms with van der Waals surface area (Å²) in [6.45, 7) is 15.6. The highest BCUT2D eigenvalue weighted by Gasteiger charge is 2.23. The van der Waals surface area contributed by atoms with E-state index in [-0.39, 0.29) is 0 Å². The quantitative estimate of drug-likeness (QED) is 0.132. The van der Waals surface area contributed by atoms with Crippen molar-refractivity contribution in [3.8, 4) is 108 Å². The van der Waals surface area contributed by atoms with Crippen LogP contribution in [0, 0.1) is 35.8 Å². The summed E-state index contributed by atoms with van der Waals surface area (Å²) in [5.41, 5.74) is 13.5. The number of hydrogen-bond donors (Lipinski definition) is 0. The van der Waals surface area contributed by atoms with Crippen LogP contribution in [0.25, 0.3) is 128 Å². The summed E-state index contributed by atoms with van der Waals surface area (Å²) < 4.78 is 2.20. The minimum atomic E-state index is 0.364. The largest absolute Gasteiger partial charge is 0.308 e. The Bertz CT molecular complexity index is 4080. The maximum absolute atomic E-state index is 9.98. The summed E-state index contributed by atoms with van der Waals surface area (Å²) in [6, 6.07) is 75.2. The maximum atomic E-state index is 9.98. The molecular weight excluding hydrogens is 921 g/mol. The Morgan fingerprint density at radius 2 is 0.760 bits per heavy atom. The number of rotatable bonds is 9. The highest BCUT2D eigenvalue weighted by Crippen LogP contribution is 2.42. The SMILES string of the molecule is [C-]#[N+]c1cc(C#N)cc(-c2ccc3c(c2)c2cc(-c4cc(C#N)cc([N+]#[C-])c4)ccc2n3-c2ccc(-c3nc(-c4ccccc4)cc(-c4ccccc4)n3)cc2-c2nc(-c3ccccc3)nc(-c3ccccc3)n2)c1. The van der Waals surface area contributed by atoms with Crippen molar-refractivity contribution in [1.82, 2.24) is 29.5 Å². The molecule has 0 aliphatic carbocycles. The van der Waals surface area contributed by atoms with Gasteiger partial charge in [-0.1, -0.05) is 133 Å². The van der Waals surface area contributed by atoms with Gasteiger partial charge in [-0.3, -0.25) is 0 Å². The molecule has 12 aromatic rings. The number of hydrogen-bond acceptors (Lipinski definition) is 7. The molecule has 0 fully saturated rings. The smallest absolute Gasteiger partial charge is 0.189 e. The summed E-state index contributed by atoms with van der Waals surface area (Å²) in [7, 11) is 0. The van der Waals surface area contributed by atoms with Crippen LogP contribution in [0.15, 0.2) is 218 Å². The van der Waals surface area contributed by atoms with Gasteiger partial charge in [0.1, 0.15) is 0 Å². The zero-order chi connectivity index (χ0) is 50.8. The number of nitriles is 2. The third-order valence-electron chi connectivity index (χ3n) is 13.1. The molecule has 0 saturated heterocycles. The van der Waals surface area contributed by atoms with Crippen LogP contribution < -0.4 is 0 Å². The predicted molar refractivity (Wildman–Crippen MR) is 295 cm³/mol. The van der Waals surface area contributed by atoms with Crippen LogP contribution in [0.1, 0.15) is 11.1 Å². The molecule has 0 atom stereocenters. The minimum absolute atomic E-state index is 0.364. The fourth-order valence-corrected chi connectivity index (χ4v) is 9.52. The lowest BCUT2D eigenvalue weighted by atomic mass is 9.98. The average Bonchev–Trinajstić information content (AvgIpc) is 3.88. The van der Waals surface area contributed by atoms with E-state index in [1.54, 1.807) is 36.4 Å². The summed E-state index contributed by atoms with van der Waals surface area (Å²) in [5.74, 6) is 1.93. The van der Waals surface area contributed by atoms with Crippen molar-refractivity contribution in [3.63, 3.8) is 0 Å². The number of fused-ring (bicyclic) bond motifs is 3. The van der Waals surface area contributed by atoms with Crippen LogP contribution in [0.3, 0.4) is 0 Å². The van der Waals surface area contributed by atoms with Crippen LogP contribution >= 0.6 is 0 Å². The molecule has 0 saturated carbocycles. The van der Waals surface area contributed by atoms with E-state index >= 15 is 0 Å². The van der Waals surface area contributed by atoms with Gasteiger partial charge in [-0.15, -0.1) is 0 Å². The zero-order valence-electron chi connectivity index (χ0n) is 39.8. The fraction of sp³-hybridized carbons (Fsp3) is 0. The predicted octanol–water partition coefficient (Wildman–Crippen LogP) is 15.9. The fourth-order valence-electron chi connectivity index (χ4n) is 9.52. The molecular formula is C65H36N10. The maximum Gasteiger partial charge on any atom is 0.189 e. The standard InChI is InChI=1S/C65H36N10/c1-68-52-31-41(39-66)29-50(33-52)47-23-26-59-54(35-47)55-36-48(51-30-42(40-67)32-53(34-51)69-2)24-27-60(55)75(59)61-28-25-49(64-70-57(43-15-7-3-8-16-43)38-58(71-64)44-17-9-4-10-18-44)37-56(61)65-73-62(45-19-11-5-12-20-45)72-63(74-65)46-21-13-6-14-22-46/h3-38H. The van der Waals surface area contributed by atoms with Crippen molar-refractivity contribution in [1.29, 1.82) is 10.5 Å². The van der Waals surface area contributed by atoms with Crippen LogP contribution in [0.5, 0.6) is 0 Å². The molecule has 12 rings (SSSR count). The third kappa shape index (κ3) is 8.66. The van der Waals surface area contributed by atoms with Gasteiger partial charge >= 0.3 is 0 Å². The molecule has 0 aliphatic heterocycles. The lowest BCUT2D eigenvalue weighted by Crippen LogP contribution is -2.04. The molecule has 346 valence electrons. The summed E-state index contributed by atoms with van der Waals surface area (Å²) >= 11 is 0. The van der Waals surface area contributed by atoms with Gasteiger partial charge in [-0.2, -0.15) is 10.5 Å². The molecule has 0 bridgehead atoms. The molecule has 3 aromatic heterocycles. The molecule has 0 N–H and O–H groups in total. The van der Waals surface area contributed by atoms with Gasteiger partial charge in [-0.25, -0.2) is 34.6 Å². The third-order valence-corrected chi connectivity index (χ3v) is 13.1. The van der Waals surface area contributed by atoms with E-state index < -0.39 is 0 Å². The molecule has 75 heavy (non-hydrogen) atoms. The van der Waals surface area contributed by atoms with E-state index in [1.807, 2.05) is 146 Å². The Morgan fingerprint density at radius 3 is 1.20 bits per heavy atom. The molecule has 0 aliphatic rings. The summed E-state index contributed by atoms with van der Waals surface area (Å²) in [4.78, 5) is 33.5. The van der Waals surface area contributed by atoms with Gasteiger partial charge in [0.25, 0.3) is 0 Å². The highest BCUT2D eigenvalue weighted by atomic mass is 15.1. The van der Waals surface area contributed by atoms with Crippen molar-refractivity contribution in [2.24, 2.45) is 0 Å². The van der Waals surface area contributed by atoms with Gasteiger partial charge < -0.3 is 4.57 Å². The van der Waals surface area contributed by atoms with Gasteiger partial charge in [0.05, 0.1) is 53.4 Å². The van der Waals surface area contributed by atoms with E-state index in [4.69, 9.17) is 38.1 Å². The van der Waals surface area contributed by atoms with Gasteiger partial charge in [-0.05, 0) is 107 Å². The number of nitrogens with zero attached hydrogens (tertiary/aromatic N) is 10. The van der Waals surface area contributed by atoms with Crippen molar-refractivity contribution >= 4 is 33.2 Å². The average molecular weight is 957 g/mol. The van der Waals surface area contributed by atoms with Crippen LogP contribution in [-0.2, 0) is 0 Å². The van der Waals surface area contributed by atoms with E-state index in [0.29, 0.717) is 51.4 Å². The molecule has 0 radical (unpaired) electrons. The minimum Gasteiger partial charge on any atom is -0.308 e. The highest BCUT2D eigenvalue weighted by molar-refractivity contribution is 6.12. The summed E-state index contributed by atoms with van der Waals surface area (Å²) in [5, 5.41) is 21.7. The van der Waals surface area contributed by atoms with Gasteiger partial charge in [0.2, 0.25) is 0 Å². The Morgan fingerprint density at radius 1 is 0.347 bits per heavy atom. The lowest BCUT2D eigenvalue weighted by Gasteiger charge is -2.17. The Labute approximate surface area is 431 Å². The van der Waals surface area contributed by atoms with E-state index in [0.717, 1.165) is 89.0 Å². The molecule has 3 heterocycles. The first kappa shape index (κ1) is 45.0. The Kier molecular flexibility index (Phi) is 11.5. The van der Waals surface area contributed by atoms with E-state index in [9.17, 15) is 10.5 Å². The van der Waals surface area contributed by atoms with Crippen molar-refractivity contribution < 1.29 is 0 Å². The van der Waals surface area contributed by atoms with E-state index in [2.05, 4.69) is 62.8 Å². The van der Waals surface area contributed by atoms with Gasteiger partial charge in [0, 0.05) is 55.3 Å². The second kappa shape index (κ2) is 19.2.